The van der Waals surface area contributed by atoms with Crippen molar-refractivity contribution < 1.29 is 23.5 Å². The minimum Gasteiger partial charge on any atom is -0.497 e. The van der Waals surface area contributed by atoms with Gasteiger partial charge in [-0.25, -0.2) is 0 Å². The van der Waals surface area contributed by atoms with E-state index in [1.54, 1.807) is 13.2 Å². The highest BCUT2D eigenvalue weighted by atomic mass is 28.4. The molecule has 0 bridgehead atoms. The first-order valence-electron chi connectivity index (χ1n) is 14.3. The van der Waals surface area contributed by atoms with Gasteiger partial charge in [0, 0.05) is 23.8 Å². The molecule has 218 valence electrons. The van der Waals surface area contributed by atoms with Crippen LogP contribution in [0.2, 0.25) is 18.1 Å². The molecular formula is C30H49N3O5Si. The van der Waals surface area contributed by atoms with Gasteiger partial charge in [0.1, 0.15) is 12.0 Å². The molecule has 0 fully saturated rings. The van der Waals surface area contributed by atoms with Crippen molar-refractivity contribution in [2.45, 2.75) is 97.8 Å². The third kappa shape index (κ3) is 12.5. The van der Waals surface area contributed by atoms with Crippen LogP contribution in [0.5, 0.6) is 5.75 Å². The first-order chi connectivity index (χ1) is 18.7. The molecule has 1 aromatic carbocycles. The van der Waals surface area contributed by atoms with Crippen molar-refractivity contribution in [3.63, 3.8) is 0 Å². The van der Waals surface area contributed by atoms with Crippen LogP contribution in [0.25, 0.3) is 10.4 Å². The molecule has 0 amide bonds. The Bertz CT molecular complexity index is 921. The molecule has 0 spiro atoms. The second-order valence-electron chi connectivity index (χ2n) is 10.7. The summed E-state index contributed by atoms with van der Waals surface area (Å²) in [6, 6.07) is 10.7. The van der Waals surface area contributed by atoms with E-state index in [4.69, 9.17) is 19.4 Å². The van der Waals surface area contributed by atoms with E-state index >= 15 is 0 Å². The Morgan fingerprint density at radius 3 is 2.23 bits per heavy atom. The number of carbonyl (C=O) groups is 2. The number of ketones is 1. The summed E-state index contributed by atoms with van der Waals surface area (Å²) in [5.74, 6) is 0.822. The third-order valence-electron chi connectivity index (χ3n) is 7.59. The molecule has 0 aliphatic heterocycles. The number of nitrogens with zero attached hydrogens (tertiary/aromatic N) is 3. The topological polar surface area (TPSA) is 111 Å². The lowest BCUT2D eigenvalue weighted by Crippen LogP contribution is -2.44. The largest absolute Gasteiger partial charge is 0.497 e. The second-order valence-corrected chi connectivity index (χ2v) is 15.4. The van der Waals surface area contributed by atoms with Crippen LogP contribution in [0.1, 0.15) is 66.4 Å². The van der Waals surface area contributed by atoms with Crippen LogP contribution >= 0.6 is 0 Å². The summed E-state index contributed by atoms with van der Waals surface area (Å²) in [6.07, 6.45) is 5.47. The van der Waals surface area contributed by atoms with Gasteiger partial charge in [-0.1, -0.05) is 64.9 Å². The quantitative estimate of drug-likeness (QED) is 0.0383. The molecule has 0 saturated carbocycles. The fourth-order valence-corrected chi connectivity index (χ4v) is 7.54. The molecule has 9 heteroatoms. The minimum atomic E-state index is -2.05. The van der Waals surface area contributed by atoms with Crippen LogP contribution in [0, 0.1) is 17.8 Å². The van der Waals surface area contributed by atoms with Gasteiger partial charge in [0.2, 0.25) is 0 Å². The number of hydrogen-bond donors (Lipinski definition) is 0. The second kappa shape index (κ2) is 18.8. The Hall–Kier alpha value is -2.45. The number of carbonyl (C=O) groups excluding carboxylic acids is 2. The monoisotopic (exact) mass is 559 g/mol. The zero-order valence-corrected chi connectivity index (χ0v) is 26.0. The van der Waals surface area contributed by atoms with Crippen LogP contribution in [0.15, 0.2) is 41.5 Å². The Morgan fingerprint density at radius 1 is 1.05 bits per heavy atom. The van der Waals surface area contributed by atoms with E-state index in [2.05, 4.69) is 30.8 Å². The summed E-state index contributed by atoms with van der Waals surface area (Å²) in [6.45, 7) is 13.2. The van der Waals surface area contributed by atoms with Crippen molar-refractivity contribution in [1.29, 1.82) is 0 Å². The maximum Gasteiger partial charge on any atom is 0.193 e. The number of hydrogen-bond acceptors (Lipinski definition) is 6. The molecule has 8 nitrogen and oxygen atoms in total. The van der Waals surface area contributed by atoms with E-state index in [1.807, 2.05) is 51.1 Å². The average Bonchev–Trinajstić information content (AvgIpc) is 2.95. The predicted octanol–water partition coefficient (Wildman–Crippen LogP) is 7.68. The van der Waals surface area contributed by atoms with Crippen LogP contribution in [0.3, 0.4) is 0 Å². The van der Waals surface area contributed by atoms with Crippen molar-refractivity contribution in [3.8, 4) is 5.75 Å². The Morgan fingerprint density at radius 2 is 1.69 bits per heavy atom. The minimum absolute atomic E-state index is 0.0167. The summed E-state index contributed by atoms with van der Waals surface area (Å²) < 4.78 is 18.7. The van der Waals surface area contributed by atoms with Crippen LogP contribution in [-0.4, -0.2) is 46.2 Å². The van der Waals surface area contributed by atoms with Gasteiger partial charge in [-0.3, -0.25) is 4.79 Å². The standard InChI is InChI=1S/C30H49N3O5Si/c1-8-39(9-2,10-3)38-29(16-15-28(35)25(6)19-24(5)21-32-33-31)30(20-23(4)17-18-34)37-22-26-11-13-27(36-7)14-12-26/h11-16,18,23-25,29-30H,8-10,17,19-22H2,1-7H3/b16-15+/t23-,24+,25-,29-,30+/m1/s1. The van der Waals surface area contributed by atoms with Gasteiger partial charge in [-0.15, -0.1) is 0 Å². The molecule has 0 aliphatic rings. The number of benzene rings is 1. The molecule has 1 aromatic rings. The van der Waals surface area contributed by atoms with Crippen molar-refractivity contribution in [1.82, 2.24) is 0 Å². The number of azide groups is 1. The zero-order chi connectivity index (χ0) is 29.3. The van der Waals surface area contributed by atoms with Crippen LogP contribution in [-0.2, 0) is 25.4 Å². The molecule has 0 unspecified atom stereocenters. The van der Waals surface area contributed by atoms with Gasteiger partial charge in [0.15, 0.2) is 14.1 Å². The van der Waals surface area contributed by atoms with E-state index in [9.17, 15) is 9.59 Å². The van der Waals surface area contributed by atoms with Crippen LogP contribution < -0.4 is 4.74 Å². The molecule has 0 aromatic heterocycles. The van der Waals surface area contributed by atoms with Gasteiger partial charge < -0.3 is 18.7 Å². The summed E-state index contributed by atoms with van der Waals surface area (Å²) >= 11 is 0. The van der Waals surface area contributed by atoms with Crippen molar-refractivity contribution >= 4 is 20.4 Å². The fraction of sp³-hybridized carbons (Fsp3) is 0.667. The Kier molecular flexibility index (Phi) is 16.6. The molecular weight excluding hydrogens is 510 g/mol. The van der Waals surface area contributed by atoms with Crippen LogP contribution in [0.4, 0.5) is 0 Å². The average molecular weight is 560 g/mol. The van der Waals surface area contributed by atoms with Crippen molar-refractivity contribution in [3.05, 3.63) is 52.4 Å². The number of ether oxygens (including phenoxy) is 2. The SMILES string of the molecule is CC[Si](CC)(CC)O[C@H](/C=C/C(=O)[C@H](C)C[C@H](C)CN=[N+]=[N-])[C@H](C[C@H](C)CC=O)OCc1ccc(OC)cc1. The lowest BCUT2D eigenvalue weighted by atomic mass is 9.93. The van der Waals surface area contributed by atoms with Crippen molar-refractivity contribution in [2.24, 2.45) is 22.9 Å². The maximum absolute atomic E-state index is 13.1. The van der Waals surface area contributed by atoms with E-state index < -0.39 is 14.4 Å². The lowest BCUT2D eigenvalue weighted by molar-refractivity contribution is -0.118. The first-order valence-corrected chi connectivity index (χ1v) is 16.8. The Balaban J connectivity index is 3.25. The normalized spacial score (nSPS) is 15.7. The number of methoxy groups -OCH3 is 1. The molecule has 0 N–H and O–H groups in total. The molecule has 0 aliphatic carbocycles. The smallest absolute Gasteiger partial charge is 0.193 e. The van der Waals surface area contributed by atoms with Gasteiger partial charge in [0.25, 0.3) is 0 Å². The van der Waals surface area contributed by atoms with Gasteiger partial charge in [-0.05, 0) is 72.1 Å². The maximum atomic E-state index is 13.1. The highest BCUT2D eigenvalue weighted by Gasteiger charge is 2.35. The summed E-state index contributed by atoms with van der Waals surface area (Å²) in [5.41, 5.74) is 9.59. The molecule has 1 rings (SSSR count). The third-order valence-corrected chi connectivity index (χ3v) is 12.2. The van der Waals surface area contributed by atoms with Gasteiger partial charge in [-0.2, -0.15) is 0 Å². The molecule has 5 atom stereocenters. The fourth-order valence-electron chi connectivity index (χ4n) is 4.73. The van der Waals surface area contributed by atoms with E-state index in [0.717, 1.165) is 35.7 Å². The predicted molar refractivity (Wildman–Crippen MR) is 159 cm³/mol. The van der Waals surface area contributed by atoms with E-state index in [-0.39, 0.29) is 29.6 Å². The van der Waals surface area contributed by atoms with Gasteiger partial charge >= 0.3 is 0 Å². The summed E-state index contributed by atoms with van der Waals surface area (Å²) in [7, 11) is -0.411. The molecule has 0 heterocycles. The van der Waals surface area contributed by atoms with E-state index in [0.29, 0.717) is 32.4 Å². The highest BCUT2D eigenvalue weighted by Crippen LogP contribution is 2.29. The molecule has 0 radical (unpaired) electrons. The number of allylic oxidation sites excluding steroid dienone is 1. The van der Waals surface area contributed by atoms with Crippen molar-refractivity contribution in [2.75, 3.05) is 13.7 Å². The molecule has 0 saturated heterocycles. The highest BCUT2D eigenvalue weighted by molar-refractivity contribution is 6.73. The first kappa shape index (κ1) is 34.6. The van der Waals surface area contributed by atoms with Gasteiger partial charge in [0.05, 0.1) is 25.9 Å². The zero-order valence-electron chi connectivity index (χ0n) is 25.0. The van der Waals surface area contributed by atoms with E-state index in [1.165, 1.54) is 0 Å². The Labute approximate surface area is 236 Å². The number of aldehydes is 1. The summed E-state index contributed by atoms with van der Waals surface area (Å²) in [5, 5.41) is 3.64. The number of rotatable bonds is 21. The molecule has 39 heavy (non-hydrogen) atoms. The lowest BCUT2D eigenvalue weighted by Gasteiger charge is -2.36. The summed E-state index contributed by atoms with van der Waals surface area (Å²) in [4.78, 5) is 27.2.